The van der Waals surface area contributed by atoms with E-state index < -0.39 is 8.32 Å². The third-order valence-corrected chi connectivity index (χ3v) is 10.1. The first-order valence-electron chi connectivity index (χ1n) is 9.70. The Balaban J connectivity index is 2.38. The van der Waals surface area contributed by atoms with Gasteiger partial charge in [0, 0.05) is 6.61 Å². The summed E-state index contributed by atoms with van der Waals surface area (Å²) in [5.41, 5.74) is 0. The van der Waals surface area contributed by atoms with E-state index >= 15 is 0 Å². The van der Waals surface area contributed by atoms with Crippen molar-refractivity contribution in [1.29, 1.82) is 0 Å². The Labute approximate surface area is 160 Å². The van der Waals surface area contributed by atoms with E-state index in [1.165, 1.54) is 10.4 Å². The Kier molecular flexibility index (Phi) is 7.21. The van der Waals surface area contributed by atoms with Crippen LogP contribution in [0.1, 0.15) is 47.5 Å². The third kappa shape index (κ3) is 4.85. The van der Waals surface area contributed by atoms with Gasteiger partial charge in [-0.1, -0.05) is 88.4 Å². The number of rotatable bonds is 8. The minimum Gasteiger partial charge on any atom is -0.407 e. The van der Waals surface area contributed by atoms with Gasteiger partial charge in [-0.2, -0.15) is 0 Å². The molecule has 2 rings (SSSR count). The lowest BCUT2D eigenvalue weighted by atomic mass is 10.0. The predicted molar refractivity (Wildman–Crippen MR) is 114 cm³/mol. The molecule has 0 bridgehead atoms. The molecule has 0 unspecified atom stereocenters. The highest BCUT2D eigenvalue weighted by molar-refractivity contribution is 6.99. The van der Waals surface area contributed by atoms with Gasteiger partial charge in [-0.25, -0.2) is 0 Å². The molecule has 0 spiro atoms. The Morgan fingerprint density at radius 1 is 0.885 bits per heavy atom. The van der Waals surface area contributed by atoms with Crippen molar-refractivity contribution in [2.75, 3.05) is 6.61 Å². The second-order valence-electron chi connectivity index (χ2n) is 8.49. The minimum atomic E-state index is -2.42. The molecule has 0 radical (unpaired) electrons. The standard InChI is InChI=1S/C23H34O2Si/c1-19(18-20(2)24)16-17-25-26(23(3,4)5,21-12-8-6-9-13-21)22-14-10-7-11-15-22/h6-15,19-20,24H,16-18H2,1-5H3/t19-,20-/m1/s1. The zero-order chi connectivity index (χ0) is 19.2. The first-order chi connectivity index (χ1) is 12.3. The van der Waals surface area contributed by atoms with Crippen molar-refractivity contribution < 1.29 is 9.53 Å². The van der Waals surface area contributed by atoms with Crippen molar-refractivity contribution in [2.45, 2.75) is 58.6 Å². The van der Waals surface area contributed by atoms with Gasteiger partial charge in [0.1, 0.15) is 0 Å². The molecule has 0 amide bonds. The van der Waals surface area contributed by atoms with Gasteiger partial charge in [0.25, 0.3) is 8.32 Å². The summed E-state index contributed by atoms with van der Waals surface area (Å²) in [6.07, 6.45) is 1.54. The predicted octanol–water partition coefficient (Wildman–Crippen LogP) is 4.36. The number of benzene rings is 2. The zero-order valence-electron chi connectivity index (χ0n) is 16.9. The topological polar surface area (TPSA) is 29.5 Å². The summed E-state index contributed by atoms with van der Waals surface area (Å²) in [6.45, 7) is 11.7. The van der Waals surface area contributed by atoms with Crippen molar-refractivity contribution >= 4 is 18.7 Å². The van der Waals surface area contributed by atoms with Gasteiger partial charge in [0.05, 0.1) is 6.10 Å². The fourth-order valence-electron chi connectivity index (χ4n) is 3.87. The molecular weight excluding hydrogens is 336 g/mol. The van der Waals surface area contributed by atoms with Crippen LogP contribution in [0, 0.1) is 5.92 Å². The molecule has 2 aromatic carbocycles. The summed E-state index contributed by atoms with van der Waals surface area (Å²) in [4.78, 5) is 0. The molecule has 0 aliphatic carbocycles. The molecule has 142 valence electrons. The van der Waals surface area contributed by atoms with E-state index in [1.54, 1.807) is 0 Å². The fraction of sp³-hybridized carbons (Fsp3) is 0.478. The van der Waals surface area contributed by atoms with Gasteiger partial charge in [0.2, 0.25) is 0 Å². The van der Waals surface area contributed by atoms with Crippen molar-refractivity contribution in [3.63, 3.8) is 0 Å². The van der Waals surface area contributed by atoms with Crippen molar-refractivity contribution in [1.82, 2.24) is 0 Å². The molecule has 2 atom stereocenters. The fourth-order valence-corrected chi connectivity index (χ4v) is 8.45. The van der Waals surface area contributed by atoms with Crippen LogP contribution >= 0.6 is 0 Å². The molecule has 26 heavy (non-hydrogen) atoms. The molecule has 0 fully saturated rings. The Morgan fingerprint density at radius 3 is 1.73 bits per heavy atom. The lowest BCUT2D eigenvalue weighted by Gasteiger charge is -2.43. The Morgan fingerprint density at radius 2 is 1.35 bits per heavy atom. The van der Waals surface area contributed by atoms with Crippen LogP contribution in [0.25, 0.3) is 0 Å². The van der Waals surface area contributed by atoms with E-state index in [1.807, 2.05) is 6.92 Å². The van der Waals surface area contributed by atoms with Crippen LogP contribution in [0.5, 0.6) is 0 Å². The zero-order valence-corrected chi connectivity index (χ0v) is 17.9. The molecule has 3 heteroatoms. The molecule has 0 saturated carbocycles. The number of aliphatic hydroxyl groups excluding tert-OH is 1. The highest BCUT2D eigenvalue weighted by atomic mass is 28.4. The maximum absolute atomic E-state index is 9.64. The van der Waals surface area contributed by atoms with E-state index in [2.05, 4.69) is 88.4 Å². The van der Waals surface area contributed by atoms with Gasteiger partial charge >= 0.3 is 0 Å². The molecule has 0 saturated heterocycles. The van der Waals surface area contributed by atoms with E-state index in [9.17, 15) is 5.11 Å². The SMILES string of the molecule is C[C@H](CCO[Si](c1ccccc1)(c1ccccc1)C(C)(C)C)C[C@@H](C)O. The molecule has 2 nitrogen and oxygen atoms in total. The van der Waals surface area contributed by atoms with Gasteiger partial charge < -0.3 is 9.53 Å². The normalized spacial score (nSPS) is 14.8. The molecule has 0 heterocycles. The molecule has 0 aromatic heterocycles. The Bertz CT molecular complexity index is 607. The van der Waals surface area contributed by atoms with E-state index in [4.69, 9.17) is 4.43 Å². The summed E-state index contributed by atoms with van der Waals surface area (Å²) in [6, 6.07) is 21.5. The second-order valence-corrected chi connectivity index (χ2v) is 12.8. The summed E-state index contributed by atoms with van der Waals surface area (Å²) < 4.78 is 6.88. The first-order valence-corrected chi connectivity index (χ1v) is 11.6. The van der Waals surface area contributed by atoms with Gasteiger partial charge in [-0.15, -0.1) is 0 Å². The summed E-state index contributed by atoms with van der Waals surface area (Å²) >= 11 is 0. The monoisotopic (exact) mass is 370 g/mol. The van der Waals surface area contributed by atoms with Crippen LogP contribution in [-0.2, 0) is 4.43 Å². The highest BCUT2D eigenvalue weighted by Crippen LogP contribution is 2.37. The second kappa shape index (κ2) is 8.98. The lowest BCUT2D eigenvalue weighted by Crippen LogP contribution is -2.66. The van der Waals surface area contributed by atoms with Crippen LogP contribution in [0.2, 0.25) is 5.04 Å². The van der Waals surface area contributed by atoms with Gasteiger partial charge in [-0.05, 0) is 41.1 Å². The van der Waals surface area contributed by atoms with Crippen molar-refractivity contribution in [3.8, 4) is 0 Å². The first kappa shape index (κ1) is 20.9. The summed E-state index contributed by atoms with van der Waals surface area (Å²) in [5.74, 6) is 0.452. The maximum atomic E-state index is 9.64. The summed E-state index contributed by atoms with van der Waals surface area (Å²) in [5, 5.41) is 12.3. The van der Waals surface area contributed by atoms with Crippen LogP contribution < -0.4 is 10.4 Å². The van der Waals surface area contributed by atoms with Crippen molar-refractivity contribution in [2.24, 2.45) is 5.92 Å². The average Bonchev–Trinajstić information content (AvgIpc) is 2.58. The lowest BCUT2D eigenvalue weighted by molar-refractivity contribution is 0.154. The number of aliphatic hydroxyl groups is 1. The van der Waals surface area contributed by atoms with Crippen LogP contribution in [0.15, 0.2) is 60.7 Å². The van der Waals surface area contributed by atoms with E-state index in [0.29, 0.717) is 5.92 Å². The highest BCUT2D eigenvalue weighted by Gasteiger charge is 2.49. The number of hydrogen-bond donors (Lipinski definition) is 1. The maximum Gasteiger partial charge on any atom is 0.261 e. The third-order valence-electron chi connectivity index (χ3n) is 5.09. The average molecular weight is 371 g/mol. The molecule has 0 aliphatic rings. The summed E-state index contributed by atoms with van der Waals surface area (Å²) in [7, 11) is -2.42. The minimum absolute atomic E-state index is 0.0171. The molecule has 0 aliphatic heterocycles. The molecule has 1 N–H and O–H groups in total. The van der Waals surface area contributed by atoms with E-state index in [0.717, 1.165) is 19.4 Å². The van der Waals surface area contributed by atoms with Gasteiger partial charge in [0.15, 0.2) is 0 Å². The quantitative estimate of drug-likeness (QED) is 0.700. The Hall–Kier alpha value is -1.42. The van der Waals surface area contributed by atoms with Gasteiger partial charge in [-0.3, -0.25) is 0 Å². The smallest absolute Gasteiger partial charge is 0.261 e. The molecular formula is C23H34O2Si. The van der Waals surface area contributed by atoms with Crippen molar-refractivity contribution in [3.05, 3.63) is 60.7 Å². The number of hydrogen-bond acceptors (Lipinski definition) is 2. The van der Waals surface area contributed by atoms with Crippen LogP contribution in [0.3, 0.4) is 0 Å². The van der Waals surface area contributed by atoms with Crippen LogP contribution in [-0.4, -0.2) is 26.1 Å². The molecule has 2 aromatic rings. The van der Waals surface area contributed by atoms with Crippen LogP contribution in [0.4, 0.5) is 0 Å². The largest absolute Gasteiger partial charge is 0.407 e. The van der Waals surface area contributed by atoms with E-state index in [-0.39, 0.29) is 11.1 Å².